The summed E-state index contributed by atoms with van der Waals surface area (Å²) in [6, 6.07) is 19.1. The molecule has 0 bridgehead atoms. The molecule has 0 saturated heterocycles. The van der Waals surface area contributed by atoms with Gasteiger partial charge in [-0.1, -0.05) is 80.3 Å². The molecule has 224 valence electrons. The van der Waals surface area contributed by atoms with Gasteiger partial charge >= 0.3 is 6.16 Å². The third kappa shape index (κ3) is 8.42. The standard InChI is InChI=1S/C33H46ClN3O3S/c1-5-6-20-37-24-35-33(40-32(38)39-4,23-41-22-26-10-8-7-9-11-26)30(37)21-25-12-14-27(15-13-25)31(36(2)3)28-16-18-29(34)19-17-28/h7-11,16-19,24-25,27,30-31H,5-6,12-15,20-23H2,1-4H3. The number of nitrogens with zero attached hydrogens (tertiary/aromatic N) is 3. The van der Waals surface area contributed by atoms with Gasteiger partial charge in [0.05, 0.1) is 25.2 Å². The van der Waals surface area contributed by atoms with Gasteiger partial charge in [-0.3, -0.25) is 0 Å². The lowest BCUT2D eigenvalue weighted by molar-refractivity contribution is -0.0434. The number of carbonyl (C=O) groups is 1. The quantitative estimate of drug-likeness (QED) is 0.217. The van der Waals surface area contributed by atoms with E-state index in [-0.39, 0.29) is 6.04 Å². The van der Waals surface area contributed by atoms with Gasteiger partial charge in [-0.25, -0.2) is 9.79 Å². The third-order valence-corrected chi connectivity index (χ3v) is 10.0. The van der Waals surface area contributed by atoms with Crippen LogP contribution in [-0.2, 0) is 15.2 Å². The van der Waals surface area contributed by atoms with Crippen LogP contribution in [0.2, 0.25) is 5.02 Å². The SMILES string of the molecule is CCCCN1C=NC(CSCc2ccccc2)(OC(=O)OC)C1CC1CCC(C(c2ccc(Cl)cc2)N(C)C)CC1. The lowest BCUT2D eigenvalue weighted by atomic mass is 9.74. The molecule has 0 radical (unpaired) electrons. The number of unbranched alkanes of at least 4 members (excludes halogenated alkanes) is 1. The average molecular weight is 600 g/mol. The number of benzene rings is 2. The van der Waals surface area contributed by atoms with E-state index in [9.17, 15) is 4.79 Å². The minimum Gasteiger partial charge on any atom is -0.438 e. The summed E-state index contributed by atoms with van der Waals surface area (Å²) < 4.78 is 11.1. The highest BCUT2D eigenvalue weighted by Crippen LogP contribution is 2.44. The van der Waals surface area contributed by atoms with Gasteiger partial charge in [-0.2, -0.15) is 11.8 Å². The molecule has 8 heteroatoms. The van der Waals surface area contributed by atoms with Crippen LogP contribution in [0.3, 0.4) is 0 Å². The predicted molar refractivity (Wildman–Crippen MR) is 171 cm³/mol. The monoisotopic (exact) mass is 599 g/mol. The summed E-state index contributed by atoms with van der Waals surface area (Å²) in [5.41, 5.74) is 1.63. The number of hydrogen-bond acceptors (Lipinski definition) is 7. The molecule has 6 nitrogen and oxygen atoms in total. The first kappa shape index (κ1) is 31.7. The molecule has 1 fully saturated rings. The van der Waals surface area contributed by atoms with Gasteiger partial charge in [-0.15, -0.1) is 0 Å². The third-order valence-electron chi connectivity index (χ3n) is 8.63. The number of thioether (sulfide) groups is 1. The minimum atomic E-state index is -0.952. The zero-order valence-electron chi connectivity index (χ0n) is 25.0. The highest BCUT2D eigenvalue weighted by molar-refractivity contribution is 7.98. The van der Waals surface area contributed by atoms with E-state index >= 15 is 0 Å². The topological polar surface area (TPSA) is 54.4 Å². The summed E-state index contributed by atoms with van der Waals surface area (Å²) in [5.74, 6) is 2.58. The van der Waals surface area contributed by atoms with Crippen LogP contribution in [0.25, 0.3) is 0 Å². The lowest BCUT2D eigenvalue weighted by Gasteiger charge is -2.41. The van der Waals surface area contributed by atoms with Crippen LogP contribution in [-0.4, -0.2) is 67.6 Å². The molecule has 0 aromatic heterocycles. The lowest BCUT2D eigenvalue weighted by Crippen LogP contribution is -2.52. The molecular formula is C33H46ClN3O3S. The highest BCUT2D eigenvalue weighted by Gasteiger charge is 2.50. The fourth-order valence-electron chi connectivity index (χ4n) is 6.51. The van der Waals surface area contributed by atoms with Crippen LogP contribution < -0.4 is 0 Å². The van der Waals surface area contributed by atoms with Crippen molar-refractivity contribution in [3.8, 4) is 0 Å². The molecule has 1 aliphatic carbocycles. The Balaban J connectivity index is 1.47. The van der Waals surface area contributed by atoms with Gasteiger partial charge in [0.1, 0.15) is 0 Å². The molecule has 0 amide bonds. The maximum absolute atomic E-state index is 12.5. The molecule has 41 heavy (non-hydrogen) atoms. The van der Waals surface area contributed by atoms with Crippen molar-refractivity contribution < 1.29 is 14.3 Å². The Morgan fingerprint density at radius 1 is 1.12 bits per heavy atom. The predicted octanol–water partition coefficient (Wildman–Crippen LogP) is 8.06. The number of halogens is 1. The van der Waals surface area contributed by atoms with Gasteiger partial charge in [0, 0.05) is 23.4 Å². The van der Waals surface area contributed by atoms with E-state index in [0.29, 0.717) is 23.6 Å². The zero-order valence-corrected chi connectivity index (χ0v) is 26.6. The second kappa shape index (κ2) is 15.3. The zero-order chi connectivity index (χ0) is 29.2. The first-order valence-electron chi connectivity index (χ1n) is 15.0. The Bertz CT molecular complexity index is 1110. The fourth-order valence-corrected chi connectivity index (χ4v) is 7.79. The maximum atomic E-state index is 12.5. The van der Waals surface area contributed by atoms with Crippen LogP contribution in [0.5, 0.6) is 0 Å². The Hall–Kier alpha value is -2.22. The molecule has 2 aromatic rings. The summed E-state index contributed by atoms with van der Waals surface area (Å²) in [5, 5.41) is 0.779. The molecule has 2 aliphatic rings. The van der Waals surface area contributed by atoms with Crippen molar-refractivity contribution >= 4 is 35.9 Å². The molecule has 1 heterocycles. The van der Waals surface area contributed by atoms with Gasteiger partial charge in [0.2, 0.25) is 5.72 Å². The smallest absolute Gasteiger partial charge is 0.438 e. The summed E-state index contributed by atoms with van der Waals surface area (Å²) in [7, 11) is 5.73. The van der Waals surface area contributed by atoms with Crippen LogP contribution in [0, 0.1) is 11.8 Å². The summed E-state index contributed by atoms with van der Waals surface area (Å²) in [6.07, 6.45) is 9.06. The number of aliphatic imine (C=N–C) groups is 1. The van der Waals surface area contributed by atoms with E-state index < -0.39 is 11.9 Å². The number of ether oxygens (including phenoxy) is 2. The molecule has 1 saturated carbocycles. The molecule has 0 spiro atoms. The molecular weight excluding hydrogens is 554 g/mol. The van der Waals surface area contributed by atoms with Crippen LogP contribution in [0.15, 0.2) is 59.6 Å². The van der Waals surface area contributed by atoms with Crippen molar-refractivity contribution in [2.45, 2.75) is 75.4 Å². The molecule has 3 unspecified atom stereocenters. The van der Waals surface area contributed by atoms with E-state index in [0.717, 1.165) is 49.4 Å². The fraction of sp³-hybridized carbons (Fsp3) is 0.576. The summed E-state index contributed by atoms with van der Waals surface area (Å²) >= 11 is 7.95. The van der Waals surface area contributed by atoms with Crippen LogP contribution >= 0.6 is 23.4 Å². The average Bonchev–Trinajstić information content (AvgIpc) is 3.30. The Morgan fingerprint density at radius 2 is 1.83 bits per heavy atom. The van der Waals surface area contributed by atoms with E-state index in [2.05, 4.69) is 67.2 Å². The first-order chi connectivity index (χ1) is 19.8. The molecule has 2 aromatic carbocycles. The molecule has 0 N–H and O–H groups in total. The maximum Gasteiger partial charge on any atom is 0.510 e. The summed E-state index contributed by atoms with van der Waals surface area (Å²) in [6.45, 7) is 3.12. The molecule has 3 atom stereocenters. The van der Waals surface area contributed by atoms with Crippen LogP contribution in [0.1, 0.15) is 69.0 Å². The number of rotatable bonds is 13. The largest absolute Gasteiger partial charge is 0.510 e. The molecule has 4 rings (SSSR count). The second-order valence-corrected chi connectivity index (χ2v) is 13.1. The van der Waals surface area contributed by atoms with Crippen molar-refractivity contribution in [3.05, 3.63) is 70.7 Å². The normalized spacial score (nSPS) is 24.9. The van der Waals surface area contributed by atoms with Crippen molar-refractivity contribution in [2.75, 3.05) is 33.5 Å². The van der Waals surface area contributed by atoms with Gasteiger partial charge < -0.3 is 19.3 Å². The van der Waals surface area contributed by atoms with Crippen LogP contribution in [0.4, 0.5) is 4.79 Å². The second-order valence-electron chi connectivity index (χ2n) is 11.7. The summed E-state index contributed by atoms with van der Waals surface area (Å²) in [4.78, 5) is 22.1. The first-order valence-corrected chi connectivity index (χ1v) is 16.5. The highest BCUT2D eigenvalue weighted by atomic mass is 35.5. The van der Waals surface area contributed by atoms with Crippen molar-refractivity contribution in [3.63, 3.8) is 0 Å². The van der Waals surface area contributed by atoms with Crippen molar-refractivity contribution in [1.82, 2.24) is 9.80 Å². The van der Waals surface area contributed by atoms with E-state index in [4.69, 9.17) is 26.1 Å². The number of hydrogen-bond donors (Lipinski definition) is 0. The number of carbonyl (C=O) groups excluding carboxylic acids is 1. The number of methoxy groups -OCH3 is 1. The van der Waals surface area contributed by atoms with E-state index in [1.807, 2.05) is 24.5 Å². The van der Waals surface area contributed by atoms with Crippen molar-refractivity contribution in [1.29, 1.82) is 0 Å². The van der Waals surface area contributed by atoms with Gasteiger partial charge in [0.25, 0.3) is 0 Å². The van der Waals surface area contributed by atoms with Gasteiger partial charge in [0.15, 0.2) is 0 Å². The Labute approximate surface area is 255 Å². The van der Waals surface area contributed by atoms with E-state index in [1.165, 1.54) is 31.1 Å². The minimum absolute atomic E-state index is 0.00103. The van der Waals surface area contributed by atoms with E-state index in [1.54, 1.807) is 11.8 Å². The van der Waals surface area contributed by atoms with Crippen molar-refractivity contribution in [2.24, 2.45) is 16.8 Å². The molecule has 1 aliphatic heterocycles. The van der Waals surface area contributed by atoms with Gasteiger partial charge in [-0.05, 0) is 74.9 Å². The Morgan fingerprint density at radius 3 is 2.46 bits per heavy atom. The Kier molecular flexibility index (Phi) is 11.8.